The molecule has 0 bridgehead atoms. The average Bonchev–Trinajstić information content (AvgIpc) is 1.76. The standard InChI is InChI=1S/C42H57FN6O7S.C33H47N3O7S.C10H12FNO2/c1-40(2,3)33-20-18-31(36(43)45-33)37(50)47-57(53,54)35-16-12-15-34(46-35)44-32(19-17-29-25-42(7,8)49(26-29)39(52)56-41(4,5)6)30-21-23-48(24-22-30)38(51)55-27-28-13-10-9-11-14-28;1-32(2,3)43-31(38)36-22-25(21-33(36,4)5)14-15-27(20-28-12-9-13-29(34-28)44(39,40)41)26-16-18-35(19-17-26)30(37)42-23-24-10-7-6-8-11-24;1-10(2,3)7-5-4-6(9(13)14)8(11)12-7/h9-16,18,20,29-30,32H,17,19,21-27H2,1-8H3,(H,44,46)(H,47,50);6-13,25-27H,14-23H2,1-5H3,(H,39,40,41);4-5H,1-3H3,(H,13,14)/t29-,32?;25-,27?;/m00./s1. The molecule has 4 saturated heterocycles. The molecule has 0 radical (unpaired) electrons. The first kappa shape index (κ1) is 91.1. The molecule has 4 aromatic heterocycles. The molecule has 0 saturated carbocycles. The molecule has 2 unspecified atom stereocenters. The van der Waals surface area contributed by atoms with Gasteiger partial charge in [-0.05, 0) is 229 Å². The number of hydrogen-bond donors (Lipinski definition) is 4. The Hall–Kier alpha value is -9.42. The largest absolute Gasteiger partial charge is 0.478 e. The van der Waals surface area contributed by atoms with Crippen molar-refractivity contribution in [1.29, 1.82) is 0 Å². The minimum Gasteiger partial charge on any atom is -0.478 e. The van der Waals surface area contributed by atoms with Gasteiger partial charge in [-0.1, -0.05) is 114 Å². The Kier molecular flexibility index (Phi) is 30.2. The predicted molar refractivity (Wildman–Crippen MR) is 431 cm³/mol. The highest BCUT2D eigenvalue weighted by molar-refractivity contribution is 7.90. The fourth-order valence-corrected chi connectivity index (χ4v) is 16.4. The number of likely N-dealkylation sites (tertiary alicyclic amines) is 4. The number of carbonyl (C=O) groups excluding carboxylic acids is 5. The molecule has 8 heterocycles. The molecule has 0 aliphatic carbocycles. The van der Waals surface area contributed by atoms with E-state index in [0.29, 0.717) is 93.9 Å². The van der Waals surface area contributed by atoms with Crippen molar-refractivity contribution in [2.24, 2.45) is 29.6 Å². The number of ether oxygens (including phenoxy) is 4. The molecular formula is C85H116F2N10O16S2. The van der Waals surface area contributed by atoms with Gasteiger partial charge >= 0.3 is 40.5 Å². The third kappa shape index (κ3) is 27.1. The van der Waals surface area contributed by atoms with Gasteiger partial charge < -0.3 is 49.0 Å². The molecule has 115 heavy (non-hydrogen) atoms. The summed E-state index contributed by atoms with van der Waals surface area (Å²) in [7, 11) is -8.92. The van der Waals surface area contributed by atoms with Crippen molar-refractivity contribution >= 4 is 62.2 Å². The van der Waals surface area contributed by atoms with E-state index in [1.54, 1.807) is 32.9 Å². The first-order chi connectivity index (χ1) is 53.5. The van der Waals surface area contributed by atoms with Gasteiger partial charge in [-0.3, -0.25) is 9.35 Å². The first-order valence-corrected chi connectivity index (χ1v) is 42.2. The van der Waals surface area contributed by atoms with Crippen molar-refractivity contribution in [3.63, 3.8) is 0 Å². The van der Waals surface area contributed by atoms with E-state index in [0.717, 1.165) is 56.1 Å². The van der Waals surface area contributed by atoms with Crippen LogP contribution in [0.1, 0.15) is 224 Å². The maximum absolute atomic E-state index is 14.9. The fraction of sp³-hybridized carbons (Fsp3) is 0.553. The van der Waals surface area contributed by atoms with Gasteiger partial charge in [0.25, 0.3) is 15.9 Å². The molecule has 26 nitrogen and oxygen atoms in total. The lowest BCUT2D eigenvalue weighted by molar-refractivity contribution is 0.0118. The summed E-state index contributed by atoms with van der Waals surface area (Å²) in [4.78, 5) is 98.6. The maximum atomic E-state index is 14.9. The van der Waals surface area contributed by atoms with Gasteiger partial charge in [0.2, 0.25) is 11.9 Å². The van der Waals surface area contributed by atoms with Crippen LogP contribution in [0.3, 0.4) is 0 Å². The molecule has 5 amide bonds. The molecule has 628 valence electrons. The highest BCUT2D eigenvalue weighted by atomic mass is 32.2. The number of nitrogens with zero attached hydrogens (tertiary/aromatic N) is 8. The summed E-state index contributed by atoms with van der Waals surface area (Å²) in [5.41, 5.74) is -0.144. The van der Waals surface area contributed by atoms with Crippen molar-refractivity contribution in [1.82, 2.24) is 44.3 Å². The first-order valence-electron chi connectivity index (χ1n) is 39.3. The highest BCUT2D eigenvalue weighted by Gasteiger charge is 2.45. The van der Waals surface area contributed by atoms with Crippen LogP contribution in [0.15, 0.2) is 131 Å². The van der Waals surface area contributed by atoms with E-state index in [4.69, 9.17) is 24.1 Å². The van der Waals surface area contributed by atoms with E-state index in [2.05, 4.69) is 39.1 Å². The van der Waals surface area contributed by atoms with E-state index in [1.165, 1.54) is 42.5 Å². The molecule has 10 rings (SSSR count). The van der Waals surface area contributed by atoms with Gasteiger partial charge in [0.15, 0.2) is 10.1 Å². The molecule has 4 N–H and O–H groups in total. The quantitative estimate of drug-likeness (QED) is 0.0295. The van der Waals surface area contributed by atoms with Crippen molar-refractivity contribution in [3.05, 3.63) is 173 Å². The number of carbonyl (C=O) groups is 6. The van der Waals surface area contributed by atoms with Crippen LogP contribution in [0, 0.1) is 41.5 Å². The number of carboxylic acids is 1. The number of anilines is 1. The van der Waals surface area contributed by atoms with Crippen LogP contribution in [0.4, 0.5) is 33.8 Å². The van der Waals surface area contributed by atoms with E-state index >= 15 is 0 Å². The van der Waals surface area contributed by atoms with Crippen molar-refractivity contribution in [2.75, 3.05) is 44.6 Å². The third-order valence-corrected chi connectivity index (χ3v) is 23.0. The van der Waals surface area contributed by atoms with Crippen LogP contribution < -0.4 is 10.0 Å². The van der Waals surface area contributed by atoms with Crippen molar-refractivity contribution in [3.8, 4) is 0 Å². The minimum atomic E-state index is -4.51. The Morgan fingerprint density at radius 1 is 0.530 bits per heavy atom. The van der Waals surface area contributed by atoms with Gasteiger partial charge in [0.05, 0.1) is 5.56 Å². The number of nitrogens with one attached hydrogen (secondary N) is 2. The van der Waals surface area contributed by atoms with E-state index in [9.17, 15) is 58.9 Å². The summed E-state index contributed by atoms with van der Waals surface area (Å²) in [6.07, 6.45) is 7.00. The molecule has 30 heteroatoms. The number of piperidine rings is 2. The van der Waals surface area contributed by atoms with Crippen LogP contribution in [0.5, 0.6) is 0 Å². The zero-order valence-corrected chi connectivity index (χ0v) is 70.8. The van der Waals surface area contributed by atoms with Crippen LogP contribution in [0.25, 0.3) is 0 Å². The number of carboxylic acid groups (broad SMARTS) is 1. The summed E-state index contributed by atoms with van der Waals surface area (Å²) < 4.78 is 112. The SMILES string of the molecule is CC(C)(C)OC(=O)N1C[C@@H](CCC(Cc2cccc(S(=O)(=O)O)n2)C2CCN(C(=O)OCc3ccccc3)CC2)CC1(C)C.CC(C)(C)OC(=O)N1C[C@@H](CCC(Nc2cccc(S(=O)(=O)NC(=O)c3ccc(C(C)(C)C)nc3F)n2)C2CCN(C(=O)OCc3ccccc3)CC2)CC1(C)C.CC(C)(C)c1ccc(C(=O)O)c(F)n1. The van der Waals surface area contributed by atoms with Crippen LogP contribution in [-0.4, -0.2) is 170 Å². The Balaban J connectivity index is 0.000000251. The molecule has 2 aromatic carbocycles. The van der Waals surface area contributed by atoms with Crippen LogP contribution in [-0.2, 0) is 69.6 Å². The third-order valence-electron chi connectivity index (χ3n) is 21.0. The Labute approximate surface area is 676 Å². The lowest BCUT2D eigenvalue weighted by Crippen LogP contribution is -2.45. The maximum Gasteiger partial charge on any atom is 0.410 e. The number of halogens is 2. The average molecular weight is 1640 g/mol. The molecule has 0 spiro atoms. The summed E-state index contributed by atoms with van der Waals surface area (Å²) in [6.45, 7) is 34.3. The van der Waals surface area contributed by atoms with Gasteiger partial charge in [-0.2, -0.15) is 25.6 Å². The van der Waals surface area contributed by atoms with Gasteiger partial charge in [0.1, 0.15) is 35.8 Å². The van der Waals surface area contributed by atoms with Crippen molar-refractivity contribution < 1.29 is 83.0 Å². The zero-order chi connectivity index (χ0) is 84.8. The minimum absolute atomic E-state index is 0.0906. The van der Waals surface area contributed by atoms with Gasteiger partial charge in [-0.15, -0.1) is 0 Å². The number of hydrogen-bond acceptors (Lipinski definition) is 19. The second-order valence-electron chi connectivity index (χ2n) is 35.7. The molecular weight excluding hydrogens is 1520 g/mol. The molecule has 4 fully saturated rings. The number of pyridine rings is 4. The zero-order valence-electron chi connectivity index (χ0n) is 69.2. The summed E-state index contributed by atoms with van der Waals surface area (Å²) in [6, 6.07) is 33.5. The molecule has 6 aromatic rings. The van der Waals surface area contributed by atoms with E-state index < -0.39 is 82.2 Å². The normalized spacial score (nSPS) is 18.0. The summed E-state index contributed by atoms with van der Waals surface area (Å²) in [5.74, 6) is -3.12. The van der Waals surface area contributed by atoms with Crippen LogP contribution >= 0.6 is 0 Å². The topological polar surface area (TPSA) is 337 Å². The Bertz CT molecular complexity index is 4570. The van der Waals surface area contributed by atoms with E-state index in [-0.39, 0.29) is 83.2 Å². The second kappa shape index (κ2) is 38.1. The highest BCUT2D eigenvalue weighted by Crippen LogP contribution is 2.41. The number of aromatic nitrogens is 4. The van der Waals surface area contributed by atoms with Crippen molar-refractivity contribution in [2.45, 2.75) is 244 Å². The molecule has 4 aliphatic rings. The monoisotopic (exact) mass is 1630 g/mol. The Morgan fingerprint density at radius 2 is 0.965 bits per heavy atom. The fourth-order valence-electron chi connectivity index (χ4n) is 15.0. The predicted octanol–water partition coefficient (Wildman–Crippen LogP) is 16.2. The lowest BCUT2D eigenvalue weighted by atomic mass is 9.77. The number of amides is 5. The molecule has 4 aliphatic heterocycles. The van der Waals surface area contributed by atoms with Crippen LogP contribution in [0.2, 0.25) is 0 Å². The lowest BCUT2D eigenvalue weighted by Gasteiger charge is -2.36. The smallest absolute Gasteiger partial charge is 0.410 e. The van der Waals surface area contributed by atoms with Gasteiger partial charge in [0, 0.05) is 84.3 Å². The summed E-state index contributed by atoms with van der Waals surface area (Å²) >= 11 is 0. The summed E-state index contributed by atoms with van der Waals surface area (Å²) in [5, 5.41) is 11.3. The van der Waals surface area contributed by atoms with E-state index in [1.807, 2.05) is 167 Å². The second-order valence-corrected chi connectivity index (χ2v) is 38.7. The number of sulfonamides is 1. The number of benzene rings is 2. The number of aromatic carboxylic acids is 1. The number of rotatable bonds is 21. The van der Waals surface area contributed by atoms with Gasteiger partial charge in [-0.25, -0.2) is 48.6 Å². The molecule has 4 atom stereocenters. The Morgan fingerprint density at radius 3 is 1.40 bits per heavy atom.